The van der Waals surface area contributed by atoms with E-state index in [1.54, 1.807) is 13.2 Å². The van der Waals surface area contributed by atoms with Gasteiger partial charge in [-0.05, 0) is 54.8 Å². The average Bonchev–Trinajstić information content (AvgIpc) is 3.48. The van der Waals surface area contributed by atoms with Gasteiger partial charge in [0.05, 0.1) is 12.7 Å². The number of nitrogens with zero attached hydrogens (tertiary/aromatic N) is 1. The van der Waals surface area contributed by atoms with Crippen LogP contribution in [0.25, 0.3) is 11.0 Å². The molecule has 3 aromatic rings. The summed E-state index contributed by atoms with van der Waals surface area (Å²) in [5.74, 6) is 2.29. The van der Waals surface area contributed by atoms with Crippen LogP contribution in [0.2, 0.25) is 0 Å². The zero-order valence-electron chi connectivity index (χ0n) is 17.2. The van der Waals surface area contributed by atoms with Gasteiger partial charge < -0.3 is 28.6 Å². The van der Waals surface area contributed by atoms with Gasteiger partial charge in [-0.1, -0.05) is 6.07 Å². The number of hydrogen-bond donors (Lipinski definition) is 1. The Morgan fingerprint density at radius 3 is 2.61 bits per heavy atom. The average molecular weight is 421 g/mol. The van der Waals surface area contributed by atoms with Gasteiger partial charge in [0.25, 0.3) is 5.91 Å². The Balaban J connectivity index is 1.27. The van der Waals surface area contributed by atoms with E-state index in [1.165, 1.54) is 0 Å². The first-order valence-electron chi connectivity index (χ1n) is 10.6. The molecule has 4 heterocycles. The topological polar surface area (TPSA) is 81.4 Å². The minimum absolute atomic E-state index is 0.0376. The molecule has 0 radical (unpaired) electrons. The van der Waals surface area contributed by atoms with Gasteiger partial charge in [-0.15, -0.1) is 0 Å². The predicted molar refractivity (Wildman–Crippen MR) is 111 cm³/mol. The molecule has 1 N–H and O–H groups in total. The second-order valence-corrected chi connectivity index (χ2v) is 8.62. The molecule has 0 aliphatic carbocycles. The van der Waals surface area contributed by atoms with Crippen molar-refractivity contribution in [3.05, 3.63) is 53.8 Å². The molecule has 160 valence electrons. The molecular weight excluding hydrogens is 398 g/mol. The molecule has 2 aromatic carbocycles. The van der Waals surface area contributed by atoms with Gasteiger partial charge in [0.15, 0.2) is 17.3 Å². The highest BCUT2D eigenvalue weighted by Gasteiger charge is 2.50. The summed E-state index contributed by atoms with van der Waals surface area (Å²) >= 11 is 0. The van der Waals surface area contributed by atoms with Gasteiger partial charge in [0.1, 0.15) is 11.3 Å². The summed E-state index contributed by atoms with van der Waals surface area (Å²) in [6, 6.07) is 12.8. The van der Waals surface area contributed by atoms with E-state index in [2.05, 4.69) is 0 Å². The standard InChI is InChI=1S/C24H23NO6/c1-28-18-5-7-19-14(8-18)9-22(31-19)23(26)25-16-3-4-17(25)12-24(27,11-16)15-2-6-20-21(10-15)30-13-29-20/h2,5-10,16-17,27H,3-4,11-13H2,1H3/t16-,17-/m1/s1. The third-order valence-corrected chi connectivity index (χ3v) is 6.85. The summed E-state index contributed by atoms with van der Waals surface area (Å²) in [7, 11) is 1.61. The van der Waals surface area contributed by atoms with Crippen LogP contribution < -0.4 is 14.2 Å². The Morgan fingerprint density at radius 2 is 1.84 bits per heavy atom. The fourth-order valence-electron chi connectivity index (χ4n) is 5.36. The number of carbonyl (C=O) groups is 1. The molecule has 1 amide bonds. The summed E-state index contributed by atoms with van der Waals surface area (Å²) in [6.07, 6.45) is 2.72. The first kappa shape index (κ1) is 18.6. The molecule has 2 fully saturated rings. The lowest BCUT2D eigenvalue weighted by Crippen LogP contribution is -2.51. The molecule has 0 spiro atoms. The highest BCUT2D eigenvalue weighted by Crippen LogP contribution is 2.48. The summed E-state index contributed by atoms with van der Waals surface area (Å²) in [4.78, 5) is 15.3. The van der Waals surface area contributed by atoms with Gasteiger partial charge in [-0.25, -0.2) is 0 Å². The van der Waals surface area contributed by atoms with Crippen LogP contribution in [0.1, 0.15) is 41.8 Å². The SMILES string of the molecule is COc1ccc2oc(C(=O)N3[C@@H]4CC[C@@H]3CC(O)(c3ccc5c(c3)OCO5)C4)cc2c1. The smallest absolute Gasteiger partial charge is 0.290 e. The summed E-state index contributed by atoms with van der Waals surface area (Å²) in [6.45, 7) is 0.202. The van der Waals surface area contributed by atoms with Crippen molar-refractivity contribution in [2.75, 3.05) is 13.9 Å². The van der Waals surface area contributed by atoms with E-state index < -0.39 is 5.60 Å². The van der Waals surface area contributed by atoms with Crippen LogP contribution in [0.5, 0.6) is 17.2 Å². The minimum atomic E-state index is -0.995. The highest BCUT2D eigenvalue weighted by atomic mass is 16.7. The Morgan fingerprint density at radius 1 is 1.06 bits per heavy atom. The number of furan rings is 1. The Hall–Kier alpha value is -3.19. The summed E-state index contributed by atoms with van der Waals surface area (Å²) < 4.78 is 22.0. The lowest BCUT2D eigenvalue weighted by Gasteiger charge is -2.43. The Labute approximate surface area is 179 Å². The number of methoxy groups -OCH3 is 1. The number of fused-ring (bicyclic) bond motifs is 4. The zero-order valence-corrected chi connectivity index (χ0v) is 17.2. The number of rotatable bonds is 3. The molecule has 2 saturated heterocycles. The van der Waals surface area contributed by atoms with E-state index in [0.29, 0.717) is 35.7 Å². The Bertz CT molecular complexity index is 1170. The van der Waals surface area contributed by atoms with E-state index in [4.69, 9.17) is 18.6 Å². The molecule has 31 heavy (non-hydrogen) atoms. The molecule has 0 saturated carbocycles. The van der Waals surface area contributed by atoms with Gasteiger partial charge in [-0.3, -0.25) is 4.79 Å². The molecule has 2 bridgehead atoms. The van der Waals surface area contributed by atoms with E-state index in [0.717, 1.165) is 29.5 Å². The predicted octanol–water partition coefficient (Wildman–Crippen LogP) is 3.82. The van der Waals surface area contributed by atoms with Gasteiger partial charge in [-0.2, -0.15) is 0 Å². The fourth-order valence-corrected chi connectivity index (χ4v) is 5.36. The number of benzene rings is 2. The van der Waals surface area contributed by atoms with Crippen molar-refractivity contribution in [2.24, 2.45) is 0 Å². The maximum Gasteiger partial charge on any atom is 0.290 e. The number of carbonyl (C=O) groups excluding carboxylic acids is 1. The first-order valence-corrected chi connectivity index (χ1v) is 10.6. The van der Waals surface area contributed by atoms with Crippen LogP contribution in [0.3, 0.4) is 0 Å². The maximum atomic E-state index is 13.4. The molecule has 7 heteroatoms. The van der Waals surface area contributed by atoms with Crippen molar-refractivity contribution in [3.63, 3.8) is 0 Å². The number of piperidine rings is 1. The van der Waals surface area contributed by atoms with E-state index in [1.807, 2.05) is 41.3 Å². The highest BCUT2D eigenvalue weighted by molar-refractivity contribution is 5.97. The quantitative estimate of drug-likeness (QED) is 0.692. The molecule has 3 aliphatic rings. The molecule has 2 atom stereocenters. The molecule has 1 aromatic heterocycles. The van der Waals surface area contributed by atoms with Gasteiger partial charge >= 0.3 is 0 Å². The van der Waals surface area contributed by atoms with Crippen LogP contribution in [0, 0.1) is 0 Å². The third kappa shape index (κ3) is 2.87. The fraction of sp³-hybridized carbons (Fsp3) is 0.375. The van der Waals surface area contributed by atoms with Gasteiger partial charge in [0, 0.05) is 30.3 Å². The van der Waals surface area contributed by atoms with Crippen molar-refractivity contribution >= 4 is 16.9 Å². The van der Waals surface area contributed by atoms with Crippen molar-refractivity contribution in [2.45, 2.75) is 43.4 Å². The number of hydrogen-bond acceptors (Lipinski definition) is 6. The normalized spacial score (nSPS) is 26.5. The molecule has 7 nitrogen and oxygen atoms in total. The van der Waals surface area contributed by atoms with Crippen LogP contribution in [-0.4, -0.2) is 41.9 Å². The van der Waals surface area contributed by atoms with Gasteiger partial charge in [0.2, 0.25) is 6.79 Å². The zero-order chi connectivity index (χ0) is 21.2. The molecular formula is C24H23NO6. The van der Waals surface area contributed by atoms with Crippen LogP contribution >= 0.6 is 0 Å². The molecule has 3 aliphatic heterocycles. The Kier molecular flexibility index (Phi) is 3.99. The maximum absolute atomic E-state index is 13.4. The van der Waals surface area contributed by atoms with Crippen molar-refractivity contribution < 1.29 is 28.5 Å². The van der Waals surface area contributed by atoms with Crippen molar-refractivity contribution in [3.8, 4) is 17.2 Å². The van der Waals surface area contributed by atoms with E-state index >= 15 is 0 Å². The second-order valence-electron chi connectivity index (χ2n) is 8.62. The lowest BCUT2D eigenvalue weighted by atomic mass is 9.80. The van der Waals surface area contributed by atoms with E-state index in [9.17, 15) is 9.90 Å². The monoisotopic (exact) mass is 421 g/mol. The molecule has 6 rings (SSSR count). The number of amides is 1. The largest absolute Gasteiger partial charge is 0.497 e. The van der Waals surface area contributed by atoms with E-state index in [-0.39, 0.29) is 24.8 Å². The number of aliphatic hydroxyl groups is 1. The minimum Gasteiger partial charge on any atom is -0.497 e. The third-order valence-electron chi connectivity index (χ3n) is 6.85. The summed E-state index contributed by atoms with van der Waals surface area (Å²) in [5.41, 5.74) is 0.479. The summed E-state index contributed by atoms with van der Waals surface area (Å²) in [5, 5.41) is 12.4. The molecule has 0 unspecified atom stereocenters. The first-order chi connectivity index (χ1) is 15.0. The van der Waals surface area contributed by atoms with Crippen LogP contribution in [-0.2, 0) is 5.60 Å². The van der Waals surface area contributed by atoms with Crippen molar-refractivity contribution in [1.29, 1.82) is 0 Å². The van der Waals surface area contributed by atoms with Crippen LogP contribution in [0.4, 0.5) is 0 Å². The number of ether oxygens (including phenoxy) is 3. The van der Waals surface area contributed by atoms with Crippen molar-refractivity contribution in [1.82, 2.24) is 4.90 Å². The van der Waals surface area contributed by atoms with Crippen LogP contribution in [0.15, 0.2) is 46.9 Å². The lowest BCUT2D eigenvalue weighted by molar-refractivity contribution is -0.0486. The second kappa shape index (κ2) is 6.65.